The lowest BCUT2D eigenvalue weighted by Gasteiger charge is -2.19. The third kappa shape index (κ3) is 4.91. The van der Waals surface area contributed by atoms with Crippen molar-refractivity contribution in [3.63, 3.8) is 0 Å². The highest BCUT2D eigenvalue weighted by atomic mass is 16.5. The summed E-state index contributed by atoms with van der Waals surface area (Å²) < 4.78 is 5.97. The van der Waals surface area contributed by atoms with Crippen molar-refractivity contribution < 1.29 is 14.3 Å². The van der Waals surface area contributed by atoms with Gasteiger partial charge >= 0.3 is 0 Å². The first-order chi connectivity index (χ1) is 14.0. The molecule has 0 aliphatic heterocycles. The molecule has 0 saturated carbocycles. The molecule has 4 heteroatoms. The van der Waals surface area contributed by atoms with E-state index in [2.05, 4.69) is 5.32 Å². The van der Waals surface area contributed by atoms with Crippen LogP contribution in [0, 0.1) is 13.8 Å². The number of carbonyl (C=O) groups excluding carboxylic acids is 2. The van der Waals surface area contributed by atoms with Crippen LogP contribution >= 0.6 is 0 Å². The summed E-state index contributed by atoms with van der Waals surface area (Å²) in [5.41, 5.74) is 3.63. The van der Waals surface area contributed by atoms with Crippen molar-refractivity contribution in [2.24, 2.45) is 0 Å². The molecule has 0 aliphatic carbocycles. The Labute approximate surface area is 171 Å². The van der Waals surface area contributed by atoms with Gasteiger partial charge in [0.15, 0.2) is 11.9 Å². The van der Waals surface area contributed by atoms with E-state index in [1.807, 2.05) is 57.2 Å². The first-order valence-electron chi connectivity index (χ1n) is 9.73. The van der Waals surface area contributed by atoms with Crippen LogP contribution in [0.1, 0.15) is 40.4 Å². The van der Waals surface area contributed by atoms with Gasteiger partial charge in [-0.3, -0.25) is 9.59 Å². The number of benzene rings is 3. The highest BCUT2D eigenvalue weighted by Gasteiger charge is 2.22. The maximum Gasteiger partial charge on any atom is 0.265 e. The Balaban J connectivity index is 1.80. The number of aryl methyl sites for hydroxylation is 2. The van der Waals surface area contributed by atoms with E-state index in [1.54, 1.807) is 36.4 Å². The molecule has 3 rings (SSSR count). The lowest BCUT2D eigenvalue weighted by molar-refractivity contribution is -0.122. The van der Waals surface area contributed by atoms with E-state index >= 15 is 0 Å². The van der Waals surface area contributed by atoms with Gasteiger partial charge < -0.3 is 10.1 Å². The van der Waals surface area contributed by atoms with Crippen LogP contribution in [0.5, 0.6) is 5.75 Å². The predicted octanol–water partition coefficient (Wildman–Crippen LogP) is 5.33. The van der Waals surface area contributed by atoms with Crippen molar-refractivity contribution >= 4 is 17.4 Å². The summed E-state index contributed by atoms with van der Waals surface area (Å²) in [4.78, 5) is 25.8. The Morgan fingerprint density at radius 2 is 1.62 bits per heavy atom. The van der Waals surface area contributed by atoms with Crippen LogP contribution < -0.4 is 10.1 Å². The van der Waals surface area contributed by atoms with Crippen molar-refractivity contribution in [3.8, 4) is 5.75 Å². The second kappa shape index (κ2) is 9.20. The molecule has 0 heterocycles. The number of carbonyl (C=O) groups is 2. The summed E-state index contributed by atoms with van der Waals surface area (Å²) in [6.07, 6.45) is -0.148. The highest BCUT2D eigenvalue weighted by Crippen LogP contribution is 2.23. The van der Waals surface area contributed by atoms with Crippen LogP contribution in [0.2, 0.25) is 0 Å². The second-order valence-electron chi connectivity index (χ2n) is 7.01. The van der Waals surface area contributed by atoms with Gasteiger partial charge in [0.1, 0.15) is 5.75 Å². The van der Waals surface area contributed by atoms with E-state index < -0.39 is 6.10 Å². The monoisotopic (exact) mass is 387 g/mol. The smallest absolute Gasteiger partial charge is 0.265 e. The van der Waals surface area contributed by atoms with Crippen molar-refractivity contribution in [1.29, 1.82) is 0 Å². The van der Waals surface area contributed by atoms with E-state index in [0.717, 1.165) is 11.1 Å². The van der Waals surface area contributed by atoms with Gasteiger partial charge in [-0.25, -0.2) is 0 Å². The molecule has 0 radical (unpaired) electrons. The Hall–Kier alpha value is -3.40. The number of ketones is 1. The molecule has 0 saturated heterocycles. The molecule has 0 fully saturated rings. The molecule has 4 nitrogen and oxygen atoms in total. The number of para-hydroxylation sites is 1. The van der Waals surface area contributed by atoms with Gasteiger partial charge in [-0.15, -0.1) is 0 Å². The SMILES string of the molecule is CC[C@@H](Oc1ccc(C)cc1C)C(=O)Nc1ccccc1C(=O)c1ccccc1. The fourth-order valence-corrected chi connectivity index (χ4v) is 3.16. The molecule has 1 atom stereocenters. The number of amides is 1. The third-order valence-electron chi connectivity index (χ3n) is 4.73. The number of anilines is 1. The lowest BCUT2D eigenvalue weighted by atomic mass is 10.0. The number of rotatable bonds is 7. The molecule has 0 aliphatic rings. The molecule has 0 unspecified atom stereocenters. The maximum absolute atomic E-state index is 12.9. The fourth-order valence-electron chi connectivity index (χ4n) is 3.16. The normalized spacial score (nSPS) is 11.6. The Morgan fingerprint density at radius 3 is 2.31 bits per heavy atom. The minimum Gasteiger partial charge on any atom is -0.480 e. The average molecular weight is 387 g/mol. The van der Waals surface area contributed by atoms with Crippen LogP contribution in [0.4, 0.5) is 5.69 Å². The predicted molar refractivity (Wildman–Crippen MR) is 116 cm³/mol. The van der Waals surface area contributed by atoms with Gasteiger partial charge in [-0.2, -0.15) is 0 Å². The number of nitrogens with one attached hydrogen (secondary N) is 1. The van der Waals surface area contributed by atoms with Gasteiger partial charge in [0.05, 0.1) is 5.69 Å². The van der Waals surface area contributed by atoms with Crippen molar-refractivity contribution in [1.82, 2.24) is 0 Å². The summed E-state index contributed by atoms with van der Waals surface area (Å²) in [7, 11) is 0. The van der Waals surface area contributed by atoms with Crippen LogP contribution in [0.3, 0.4) is 0 Å². The topological polar surface area (TPSA) is 55.4 Å². The standard InChI is InChI=1S/C25H25NO3/c1-4-22(29-23-15-14-17(2)16-18(23)3)25(28)26-21-13-9-8-12-20(21)24(27)19-10-6-5-7-11-19/h5-16,22H,4H2,1-3H3,(H,26,28)/t22-/m1/s1. The summed E-state index contributed by atoms with van der Waals surface area (Å²) in [5, 5.41) is 2.88. The molecule has 0 bridgehead atoms. The zero-order chi connectivity index (χ0) is 20.8. The van der Waals surface area contributed by atoms with Crippen LogP contribution in [-0.4, -0.2) is 17.8 Å². The summed E-state index contributed by atoms with van der Waals surface area (Å²) >= 11 is 0. The largest absolute Gasteiger partial charge is 0.480 e. The zero-order valence-electron chi connectivity index (χ0n) is 16.9. The van der Waals surface area contributed by atoms with E-state index in [9.17, 15) is 9.59 Å². The molecular weight excluding hydrogens is 362 g/mol. The second-order valence-corrected chi connectivity index (χ2v) is 7.01. The molecule has 0 spiro atoms. The van der Waals surface area contributed by atoms with Gasteiger partial charge in [0.25, 0.3) is 5.91 Å². The summed E-state index contributed by atoms with van der Waals surface area (Å²) in [6, 6.07) is 21.9. The number of hydrogen-bond acceptors (Lipinski definition) is 3. The Kier molecular flexibility index (Phi) is 6.45. The van der Waals surface area contributed by atoms with E-state index in [-0.39, 0.29) is 11.7 Å². The maximum atomic E-state index is 12.9. The quantitative estimate of drug-likeness (QED) is 0.558. The molecule has 1 N–H and O–H groups in total. The molecular formula is C25H25NO3. The fraction of sp³-hybridized carbons (Fsp3) is 0.200. The van der Waals surface area contributed by atoms with Crippen LogP contribution in [-0.2, 0) is 4.79 Å². The first-order valence-corrected chi connectivity index (χ1v) is 9.73. The average Bonchev–Trinajstić information content (AvgIpc) is 2.73. The molecule has 29 heavy (non-hydrogen) atoms. The minimum absolute atomic E-state index is 0.134. The van der Waals surface area contributed by atoms with Gasteiger partial charge in [0, 0.05) is 11.1 Å². The molecule has 0 aromatic heterocycles. The van der Waals surface area contributed by atoms with Crippen LogP contribution in [0.15, 0.2) is 72.8 Å². The summed E-state index contributed by atoms with van der Waals surface area (Å²) in [5.74, 6) is 0.275. The van der Waals surface area contributed by atoms with Gasteiger partial charge in [0.2, 0.25) is 0 Å². The summed E-state index contributed by atoms with van der Waals surface area (Å²) in [6.45, 7) is 5.87. The van der Waals surface area contributed by atoms with Crippen molar-refractivity contribution in [2.45, 2.75) is 33.3 Å². The van der Waals surface area contributed by atoms with E-state index in [4.69, 9.17) is 4.74 Å². The zero-order valence-corrected chi connectivity index (χ0v) is 16.9. The Morgan fingerprint density at radius 1 is 0.931 bits per heavy atom. The number of hydrogen-bond donors (Lipinski definition) is 1. The molecule has 148 valence electrons. The van der Waals surface area contributed by atoms with Crippen LogP contribution in [0.25, 0.3) is 0 Å². The van der Waals surface area contributed by atoms with Crippen molar-refractivity contribution in [2.75, 3.05) is 5.32 Å². The molecule has 1 amide bonds. The van der Waals surface area contributed by atoms with E-state index in [0.29, 0.717) is 29.0 Å². The highest BCUT2D eigenvalue weighted by molar-refractivity contribution is 6.14. The molecule has 3 aromatic rings. The van der Waals surface area contributed by atoms with E-state index in [1.165, 1.54) is 0 Å². The Bertz CT molecular complexity index is 1010. The van der Waals surface area contributed by atoms with Gasteiger partial charge in [-0.1, -0.05) is 67.1 Å². The third-order valence-corrected chi connectivity index (χ3v) is 4.73. The molecule has 3 aromatic carbocycles. The number of ether oxygens (including phenoxy) is 1. The lowest BCUT2D eigenvalue weighted by Crippen LogP contribution is -2.33. The minimum atomic E-state index is -0.656. The first kappa shape index (κ1) is 20.3. The van der Waals surface area contributed by atoms with Gasteiger partial charge in [-0.05, 0) is 44.0 Å². The van der Waals surface area contributed by atoms with Crippen molar-refractivity contribution in [3.05, 3.63) is 95.1 Å².